The molecule has 1 aromatic heterocycles. The fourth-order valence-corrected chi connectivity index (χ4v) is 1.92. The van der Waals surface area contributed by atoms with Gasteiger partial charge in [-0.25, -0.2) is 0 Å². The van der Waals surface area contributed by atoms with E-state index in [0.29, 0.717) is 23.4 Å². The van der Waals surface area contributed by atoms with Crippen LogP contribution in [0.25, 0.3) is 10.9 Å². The highest BCUT2D eigenvalue weighted by molar-refractivity contribution is 5.96. The number of benzene rings is 1. The van der Waals surface area contributed by atoms with E-state index < -0.39 is 4.92 Å². The van der Waals surface area contributed by atoms with E-state index in [9.17, 15) is 10.1 Å². The highest BCUT2D eigenvalue weighted by Crippen LogP contribution is 2.29. The molecule has 20 heavy (non-hydrogen) atoms. The molecular weight excluding hydrogens is 256 g/mol. The summed E-state index contributed by atoms with van der Waals surface area (Å²) < 4.78 is 0. The Kier molecular flexibility index (Phi) is 4.14. The van der Waals surface area contributed by atoms with Gasteiger partial charge in [-0.15, -0.1) is 0 Å². The van der Waals surface area contributed by atoms with Gasteiger partial charge in [0.2, 0.25) is 0 Å². The molecule has 2 aromatic rings. The van der Waals surface area contributed by atoms with Gasteiger partial charge >= 0.3 is 0 Å². The number of nitrogens with one attached hydrogen (secondary N) is 1. The molecule has 6 nitrogen and oxygen atoms in total. The molecule has 106 valence electrons. The van der Waals surface area contributed by atoms with Crippen LogP contribution in [0.1, 0.15) is 13.8 Å². The number of aromatic nitrogens is 1. The van der Waals surface area contributed by atoms with Crippen LogP contribution in [0.2, 0.25) is 0 Å². The molecule has 3 N–H and O–H groups in total. The van der Waals surface area contributed by atoms with E-state index in [4.69, 9.17) is 5.73 Å². The van der Waals surface area contributed by atoms with Gasteiger partial charge in [-0.3, -0.25) is 15.1 Å². The SMILES string of the molecule is CC(C)C(N)CNc1ccc([N+](=O)[O-])c2cccnc12. The molecule has 1 unspecified atom stereocenters. The molecule has 0 amide bonds. The first-order chi connectivity index (χ1) is 9.50. The third kappa shape index (κ3) is 2.85. The van der Waals surface area contributed by atoms with Crippen molar-refractivity contribution in [3.63, 3.8) is 0 Å². The number of nitrogens with two attached hydrogens (primary N) is 1. The van der Waals surface area contributed by atoms with Crippen LogP contribution in [-0.4, -0.2) is 22.5 Å². The zero-order valence-electron chi connectivity index (χ0n) is 11.5. The second-order valence-electron chi connectivity index (χ2n) is 5.08. The molecule has 6 heteroatoms. The van der Waals surface area contributed by atoms with E-state index in [-0.39, 0.29) is 11.7 Å². The summed E-state index contributed by atoms with van der Waals surface area (Å²) in [5.41, 5.74) is 7.42. The summed E-state index contributed by atoms with van der Waals surface area (Å²) >= 11 is 0. The Bertz CT molecular complexity index is 628. The summed E-state index contributed by atoms with van der Waals surface area (Å²) in [7, 11) is 0. The standard InChI is InChI=1S/C14H18N4O2/c1-9(2)11(15)8-17-12-5-6-13(18(19)20)10-4-3-7-16-14(10)12/h3-7,9,11,17H,8,15H2,1-2H3. The van der Waals surface area contributed by atoms with Gasteiger partial charge in [-0.1, -0.05) is 13.8 Å². The van der Waals surface area contributed by atoms with Crippen molar-refractivity contribution < 1.29 is 4.92 Å². The van der Waals surface area contributed by atoms with Gasteiger partial charge in [0.15, 0.2) is 0 Å². The first-order valence-corrected chi connectivity index (χ1v) is 6.52. The van der Waals surface area contributed by atoms with Crippen molar-refractivity contribution in [2.75, 3.05) is 11.9 Å². The van der Waals surface area contributed by atoms with Crippen LogP contribution >= 0.6 is 0 Å². The second kappa shape index (κ2) is 5.83. The van der Waals surface area contributed by atoms with E-state index in [1.165, 1.54) is 6.07 Å². The molecular formula is C14H18N4O2. The lowest BCUT2D eigenvalue weighted by Gasteiger charge is -2.17. The highest BCUT2D eigenvalue weighted by Gasteiger charge is 2.15. The van der Waals surface area contributed by atoms with Gasteiger partial charge in [0, 0.05) is 24.8 Å². The molecule has 0 saturated heterocycles. The smallest absolute Gasteiger partial charge is 0.278 e. The lowest BCUT2D eigenvalue weighted by Crippen LogP contribution is -2.34. The zero-order valence-corrected chi connectivity index (χ0v) is 11.5. The van der Waals surface area contributed by atoms with Crippen LogP contribution in [0.3, 0.4) is 0 Å². The van der Waals surface area contributed by atoms with Gasteiger partial charge in [-0.05, 0) is 24.1 Å². The number of pyridine rings is 1. The Morgan fingerprint density at radius 3 is 2.80 bits per heavy atom. The highest BCUT2D eigenvalue weighted by atomic mass is 16.6. The molecule has 1 heterocycles. The van der Waals surface area contributed by atoms with Gasteiger partial charge in [-0.2, -0.15) is 0 Å². The van der Waals surface area contributed by atoms with Gasteiger partial charge in [0.05, 0.1) is 16.0 Å². The predicted molar refractivity (Wildman–Crippen MR) is 79.7 cm³/mol. The summed E-state index contributed by atoms with van der Waals surface area (Å²) in [5, 5.41) is 14.8. The topological polar surface area (TPSA) is 94.1 Å². The number of rotatable bonds is 5. The van der Waals surface area contributed by atoms with Crippen LogP contribution < -0.4 is 11.1 Å². The number of nitro benzene ring substituents is 1. The minimum absolute atomic E-state index is 0.0176. The van der Waals surface area contributed by atoms with Crippen LogP contribution in [0, 0.1) is 16.0 Å². The van der Waals surface area contributed by atoms with Gasteiger partial charge < -0.3 is 11.1 Å². The first-order valence-electron chi connectivity index (χ1n) is 6.52. The number of fused-ring (bicyclic) bond motifs is 1. The maximum Gasteiger partial charge on any atom is 0.278 e. The molecule has 0 saturated carbocycles. The molecule has 0 aliphatic carbocycles. The largest absolute Gasteiger partial charge is 0.382 e. The quantitative estimate of drug-likeness (QED) is 0.645. The van der Waals surface area contributed by atoms with Crippen molar-refractivity contribution in [3.8, 4) is 0 Å². The summed E-state index contributed by atoms with van der Waals surface area (Å²) in [6.07, 6.45) is 1.62. The minimum atomic E-state index is -0.395. The summed E-state index contributed by atoms with van der Waals surface area (Å²) in [6, 6.07) is 6.59. The van der Waals surface area contributed by atoms with Gasteiger partial charge in [0.25, 0.3) is 5.69 Å². The summed E-state index contributed by atoms with van der Waals surface area (Å²) in [4.78, 5) is 14.9. The summed E-state index contributed by atoms with van der Waals surface area (Å²) in [5.74, 6) is 0.361. The minimum Gasteiger partial charge on any atom is -0.382 e. The average Bonchev–Trinajstić information content (AvgIpc) is 2.43. The Labute approximate surface area is 117 Å². The molecule has 1 atom stereocenters. The molecule has 2 rings (SSSR count). The van der Waals surface area contributed by atoms with Crippen LogP contribution in [0.4, 0.5) is 11.4 Å². The molecule has 0 aliphatic heterocycles. The Balaban J connectivity index is 2.36. The Morgan fingerprint density at radius 1 is 1.40 bits per heavy atom. The van der Waals surface area contributed by atoms with Crippen molar-refractivity contribution in [1.29, 1.82) is 0 Å². The van der Waals surface area contributed by atoms with Crippen molar-refractivity contribution in [2.45, 2.75) is 19.9 Å². The van der Waals surface area contributed by atoms with E-state index in [2.05, 4.69) is 24.1 Å². The lowest BCUT2D eigenvalue weighted by atomic mass is 10.1. The van der Waals surface area contributed by atoms with E-state index in [1.54, 1.807) is 24.4 Å². The van der Waals surface area contributed by atoms with Gasteiger partial charge in [0.1, 0.15) is 5.52 Å². The average molecular weight is 274 g/mol. The van der Waals surface area contributed by atoms with Crippen LogP contribution in [0.15, 0.2) is 30.5 Å². The third-order valence-corrected chi connectivity index (χ3v) is 3.33. The maximum absolute atomic E-state index is 11.0. The maximum atomic E-state index is 11.0. The fraction of sp³-hybridized carbons (Fsp3) is 0.357. The predicted octanol–water partition coefficient (Wildman–Crippen LogP) is 2.54. The fourth-order valence-electron chi connectivity index (χ4n) is 1.92. The number of non-ortho nitro benzene ring substituents is 1. The number of hydrogen-bond donors (Lipinski definition) is 2. The molecule has 0 spiro atoms. The van der Waals surface area contributed by atoms with Crippen LogP contribution in [-0.2, 0) is 0 Å². The van der Waals surface area contributed by atoms with Crippen molar-refractivity contribution >= 4 is 22.3 Å². The number of anilines is 1. The van der Waals surface area contributed by atoms with E-state index in [0.717, 1.165) is 5.69 Å². The molecule has 0 fully saturated rings. The van der Waals surface area contributed by atoms with Crippen molar-refractivity contribution in [2.24, 2.45) is 11.7 Å². The normalized spacial score (nSPS) is 12.6. The molecule has 1 aromatic carbocycles. The molecule has 0 radical (unpaired) electrons. The van der Waals surface area contributed by atoms with E-state index in [1.807, 2.05) is 0 Å². The zero-order chi connectivity index (χ0) is 14.7. The monoisotopic (exact) mass is 274 g/mol. The van der Waals surface area contributed by atoms with Crippen LogP contribution in [0.5, 0.6) is 0 Å². The molecule has 0 bridgehead atoms. The number of nitro groups is 1. The lowest BCUT2D eigenvalue weighted by molar-refractivity contribution is -0.383. The van der Waals surface area contributed by atoms with Crippen molar-refractivity contribution in [1.82, 2.24) is 4.98 Å². The Morgan fingerprint density at radius 2 is 2.15 bits per heavy atom. The second-order valence-corrected chi connectivity index (χ2v) is 5.08. The third-order valence-electron chi connectivity index (χ3n) is 3.33. The van der Waals surface area contributed by atoms with E-state index >= 15 is 0 Å². The van der Waals surface area contributed by atoms with Crippen molar-refractivity contribution in [3.05, 3.63) is 40.6 Å². The molecule has 0 aliphatic rings. The number of hydrogen-bond acceptors (Lipinski definition) is 5. The first kappa shape index (κ1) is 14.2. The Hall–Kier alpha value is -2.21. The number of nitrogens with zero attached hydrogens (tertiary/aromatic N) is 2. The summed E-state index contributed by atoms with van der Waals surface area (Å²) in [6.45, 7) is 4.71.